The summed E-state index contributed by atoms with van der Waals surface area (Å²) in [4.78, 5) is 15.1. The summed E-state index contributed by atoms with van der Waals surface area (Å²) in [5.74, 6) is 0. The van der Waals surface area contributed by atoms with Crippen LogP contribution in [0.25, 0.3) is 0 Å². The highest BCUT2D eigenvalue weighted by molar-refractivity contribution is 5.34. The van der Waals surface area contributed by atoms with E-state index in [1.165, 1.54) is 12.1 Å². The van der Waals surface area contributed by atoms with Crippen molar-refractivity contribution >= 4 is 5.69 Å². The Morgan fingerprint density at radius 1 is 1.05 bits per heavy atom. The van der Waals surface area contributed by atoms with Crippen molar-refractivity contribution in [3.63, 3.8) is 0 Å². The SMILES string of the molecule is O=[N+]([O-])c1ccc([C@@H](O)C23C[NH+]4C[NH+](C[NH+](C4)C2)C3)cc1. The first kappa shape index (κ1) is 13.1. The summed E-state index contributed by atoms with van der Waals surface area (Å²) < 4.78 is 0. The highest BCUT2D eigenvalue weighted by Gasteiger charge is 2.60. The van der Waals surface area contributed by atoms with E-state index in [1.807, 2.05) is 0 Å². The molecule has 4 aliphatic heterocycles. The number of hydrogen-bond acceptors (Lipinski definition) is 3. The molecule has 0 aromatic heterocycles. The number of aliphatic hydroxyl groups is 1. The van der Waals surface area contributed by atoms with E-state index in [2.05, 4.69) is 0 Å². The Morgan fingerprint density at radius 2 is 1.52 bits per heavy atom. The maximum Gasteiger partial charge on any atom is 0.269 e. The van der Waals surface area contributed by atoms with Crippen LogP contribution < -0.4 is 14.7 Å². The van der Waals surface area contributed by atoms with Crippen LogP contribution >= 0.6 is 0 Å². The van der Waals surface area contributed by atoms with Crippen molar-refractivity contribution in [3.8, 4) is 0 Å². The zero-order valence-electron chi connectivity index (χ0n) is 11.8. The Labute approximate surface area is 122 Å². The van der Waals surface area contributed by atoms with Gasteiger partial charge < -0.3 is 5.11 Å². The minimum absolute atomic E-state index is 0.0783. The number of aliphatic hydroxyl groups excluding tert-OH is 1. The van der Waals surface area contributed by atoms with Gasteiger partial charge in [0.05, 0.1) is 4.92 Å². The van der Waals surface area contributed by atoms with E-state index >= 15 is 0 Å². The zero-order valence-corrected chi connectivity index (χ0v) is 11.8. The molecule has 0 saturated carbocycles. The van der Waals surface area contributed by atoms with Gasteiger partial charge in [0.1, 0.15) is 31.2 Å². The van der Waals surface area contributed by atoms with Crippen molar-refractivity contribution < 1.29 is 24.7 Å². The largest absolute Gasteiger partial charge is 0.387 e. The molecule has 4 heterocycles. The van der Waals surface area contributed by atoms with Gasteiger partial charge in [-0.25, -0.2) is 14.7 Å². The third kappa shape index (κ3) is 2.04. The van der Waals surface area contributed by atoms with Gasteiger partial charge in [-0.1, -0.05) is 0 Å². The third-order valence-electron chi connectivity index (χ3n) is 5.31. The molecule has 5 rings (SSSR count). The molecular formula is C14H21N4O3+3. The molecular weight excluding hydrogens is 272 g/mol. The number of non-ortho nitro benzene ring substituents is 1. The van der Waals surface area contributed by atoms with E-state index in [4.69, 9.17) is 0 Å². The lowest BCUT2D eigenvalue weighted by Crippen LogP contribution is -3.55. The maximum atomic E-state index is 10.9. The summed E-state index contributed by atoms with van der Waals surface area (Å²) in [5.41, 5.74) is 0.809. The van der Waals surface area contributed by atoms with E-state index in [-0.39, 0.29) is 11.1 Å². The normalized spacial score (nSPS) is 38.4. The number of rotatable bonds is 3. The van der Waals surface area contributed by atoms with E-state index in [0.717, 1.165) is 45.2 Å². The van der Waals surface area contributed by atoms with Crippen LogP contribution in [0.5, 0.6) is 0 Å². The number of nitrogens with zero attached hydrogens (tertiary/aromatic N) is 1. The highest BCUT2D eigenvalue weighted by Crippen LogP contribution is 2.33. The Bertz CT molecular complexity index is 539. The molecule has 112 valence electrons. The molecule has 1 aromatic carbocycles. The second kappa shape index (κ2) is 4.48. The number of benzene rings is 1. The van der Waals surface area contributed by atoms with Crippen LogP contribution in [0.4, 0.5) is 5.69 Å². The van der Waals surface area contributed by atoms with Crippen LogP contribution in [0.2, 0.25) is 0 Å². The number of quaternary nitrogens is 3. The molecule has 21 heavy (non-hydrogen) atoms. The van der Waals surface area contributed by atoms with E-state index in [0.29, 0.717) is 0 Å². The zero-order chi connectivity index (χ0) is 14.6. The molecule has 0 amide bonds. The lowest BCUT2D eigenvalue weighted by atomic mass is 9.74. The fourth-order valence-corrected chi connectivity index (χ4v) is 4.73. The monoisotopic (exact) mass is 293 g/mol. The van der Waals surface area contributed by atoms with Crippen molar-refractivity contribution in [1.29, 1.82) is 0 Å². The van der Waals surface area contributed by atoms with Gasteiger partial charge in [-0.2, -0.15) is 0 Å². The first-order valence-electron chi connectivity index (χ1n) is 7.49. The maximum absolute atomic E-state index is 10.9. The van der Waals surface area contributed by atoms with E-state index in [1.54, 1.807) is 26.8 Å². The second-order valence-electron chi connectivity index (χ2n) is 6.92. The summed E-state index contributed by atoms with van der Waals surface area (Å²) in [6.45, 7) is 6.53. The summed E-state index contributed by atoms with van der Waals surface area (Å²) in [5, 5.41) is 21.6. The van der Waals surface area contributed by atoms with Crippen LogP contribution in [0, 0.1) is 15.5 Å². The molecule has 4 fully saturated rings. The van der Waals surface area contributed by atoms with Gasteiger partial charge in [0.25, 0.3) is 5.69 Å². The van der Waals surface area contributed by atoms with Crippen molar-refractivity contribution in [2.45, 2.75) is 6.10 Å². The molecule has 1 atom stereocenters. The molecule has 4 N–H and O–H groups in total. The molecule has 4 saturated heterocycles. The smallest absolute Gasteiger partial charge is 0.269 e. The number of hydrogen-bond donors (Lipinski definition) is 4. The van der Waals surface area contributed by atoms with Crippen LogP contribution in [-0.2, 0) is 0 Å². The second-order valence-corrected chi connectivity index (χ2v) is 6.92. The van der Waals surface area contributed by atoms with Crippen LogP contribution in [0.1, 0.15) is 11.7 Å². The van der Waals surface area contributed by atoms with Crippen molar-refractivity contribution in [2.75, 3.05) is 39.6 Å². The van der Waals surface area contributed by atoms with Gasteiger partial charge >= 0.3 is 0 Å². The van der Waals surface area contributed by atoms with E-state index < -0.39 is 11.0 Å². The van der Waals surface area contributed by atoms with Gasteiger partial charge in [-0.05, 0) is 17.7 Å². The Morgan fingerprint density at radius 3 is 1.95 bits per heavy atom. The lowest BCUT2D eigenvalue weighted by molar-refractivity contribution is -1.30. The Kier molecular flexibility index (Phi) is 2.80. The summed E-state index contributed by atoms with van der Waals surface area (Å²) >= 11 is 0. The molecule has 0 aliphatic carbocycles. The summed E-state index contributed by atoms with van der Waals surface area (Å²) in [6, 6.07) is 6.40. The number of nitrogens with one attached hydrogen (secondary N) is 3. The lowest BCUT2D eigenvalue weighted by Gasteiger charge is -2.53. The molecule has 7 nitrogen and oxygen atoms in total. The Hall–Kier alpha value is -1.54. The van der Waals surface area contributed by atoms with Crippen molar-refractivity contribution in [3.05, 3.63) is 39.9 Å². The molecule has 4 bridgehead atoms. The minimum atomic E-state index is -0.529. The van der Waals surface area contributed by atoms with Crippen LogP contribution in [0.15, 0.2) is 24.3 Å². The number of nitro groups is 1. The Balaban J connectivity index is 1.62. The number of nitro benzene ring substituents is 1. The van der Waals surface area contributed by atoms with Crippen LogP contribution in [-0.4, -0.2) is 49.7 Å². The average molecular weight is 293 g/mol. The van der Waals surface area contributed by atoms with Gasteiger partial charge in [0.2, 0.25) is 20.0 Å². The minimum Gasteiger partial charge on any atom is -0.387 e. The standard InChI is InChI=1S/C14H18N4O3/c19-13(11-1-3-12(4-2-11)18(20)21)14-5-15-8-16(6-14)10-17(7-14)9-15/h1-4,13,19H,5-10H2/p+3/t13-/m1/s1. The molecule has 0 unspecified atom stereocenters. The molecule has 4 aliphatic rings. The highest BCUT2D eigenvalue weighted by atomic mass is 16.6. The fraction of sp³-hybridized carbons (Fsp3) is 0.571. The van der Waals surface area contributed by atoms with Gasteiger partial charge in [-0.15, -0.1) is 0 Å². The quantitative estimate of drug-likeness (QED) is 0.341. The molecule has 7 heteroatoms. The molecule has 1 aromatic rings. The molecule has 0 spiro atoms. The molecule has 0 radical (unpaired) electrons. The fourth-order valence-electron chi connectivity index (χ4n) is 4.73. The van der Waals surface area contributed by atoms with Gasteiger partial charge in [-0.3, -0.25) is 10.1 Å². The third-order valence-corrected chi connectivity index (χ3v) is 5.31. The first-order valence-corrected chi connectivity index (χ1v) is 7.49. The van der Waals surface area contributed by atoms with E-state index in [9.17, 15) is 15.2 Å². The van der Waals surface area contributed by atoms with Crippen molar-refractivity contribution in [1.82, 2.24) is 0 Å². The van der Waals surface area contributed by atoms with Crippen molar-refractivity contribution in [2.24, 2.45) is 5.41 Å². The summed E-state index contributed by atoms with van der Waals surface area (Å²) in [7, 11) is 0. The van der Waals surface area contributed by atoms with Gasteiger partial charge in [0.15, 0.2) is 0 Å². The summed E-state index contributed by atoms with van der Waals surface area (Å²) in [6.07, 6.45) is -0.529. The van der Waals surface area contributed by atoms with Crippen LogP contribution in [0.3, 0.4) is 0 Å². The predicted molar refractivity (Wildman–Crippen MR) is 72.6 cm³/mol. The first-order chi connectivity index (χ1) is 10.1. The topological polar surface area (TPSA) is 76.7 Å². The average Bonchev–Trinajstić information content (AvgIpc) is 2.45. The predicted octanol–water partition coefficient (Wildman–Crippen LogP) is -3.82. The van der Waals surface area contributed by atoms with Gasteiger partial charge in [0, 0.05) is 12.1 Å².